The van der Waals surface area contributed by atoms with Crippen LogP contribution in [0.2, 0.25) is 0 Å². The molecule has 0 amide bonds. The molecule has 3 aromatic rings. The minimum atomic E-state index is -0.480. The summed E-state index contributed by atoms with van der Waals surface area (Å²) < 4.78 is 20.7. The minimum Gasteiger partial charge on any atom is -0.496 e. The third-order valence-electron chi connectivity index (χ3n) is 14.8. The number of piperidine rings is 1. The highest BCUT2D eigenvalue weighted by molar-refractivity contribution is 5.93. The number of carbonyl (C=O) groups excluding carboxylic acids is 2. The highest BCUT2D eigenvalue weighted by Gasteiger charge is 2.69. The first-order valence-electron chi connectivity index (χ1n) is 19.5. The molecule has 6 aliphatic heterocycles. The second-order valence-corrected chi connectivity index (χ2v) is 16.6. The van der Waals surface area contributed by atoms with Crippen molar-refractivity contribution in [3.63, 3.8) is 0 Å². The van der Waals surface area contributed by atoms with Crippen LogP contribution in [0.3, 0.4) is 0 Å². The molecule has 9 nitrogen and oxygen atoms in total. The summed E-state index contributed by atoms with van der Waals surface area (Å²) >= 11 is 0. The molecule has 0 bridgehead atoms. The molecule has 0 radical (unpaired) electrons. The number of anilines is 1. The summed E-state index contributed by atoms with van der Waals surface area (Å²) in [6, 6.07) is 14.1. The van der Waals surface area contributed by atoms with Gasteiger partial charge in [0, 0.05) is 76.5 Å². The third-order valence-corrected chi connectivity index (χ3v) is 14.8. The highest BCUT2D eigenvalue weighted by atomic mass is 16.5. The molecule has 272 valence electrons. The first kappa shape index (κ1) is 32.6. The zero-order chi connectivity index (χ0) is 35.7. The van der Waals surface area contributed by atoms with E-state index in [1.807, 2.05) is 6.92 Å². The molecule has 0 unspecified atom stereocenters. The summed E-state index contributed by atoms with van der Waals surface area (Å²) in [4.78, 5) is 31.7. The van der Waals surface area contributed by atoms with E-state index in [9.17, 15) is 9.59 Å². The number of benzene rings is 2. The van der Waals surface area contributed by atoms with Gasteiger partial charge in [-0.1, -0.05) is 37.3 Å². The summed E-state index contributed by atoms with van der Waals surface area (Å²) in [5.74, 6) is 0.282. The lowest BCUT2D eigenvalue weighted by Crippen LogP contribution is -2.64. The predicted octanol–water partition coefficient (Wildman–Crippen LogP) is 6.81. The number of aromatic nitrogens is 1. The van der Waals surface area contributed by atoms with E-state index in [0.29, 0.717) is 18.0 Å². The molecule has 2 aromatic carbocycles. The third kappa shape index (κ3) is 3.96. The van der Waals surface area contributed by atoms with Gasteiger partial charge in [0.15, 0.2) is 0 Å². The molecule has 2 fully saturated rings. The highest BCUT2D eigenvalue weighted by Crippen LogP contribution is 2.67. The first-order chi connectivity index (χ1) is 25.2. The van der Waals surface area contributed by atoms with Gasteiger partial charge < -0.3 is 24.1 Å². The molecule has 10 rings (SSSR count). The van der Waals surface area contributed by atoms with Gasteiger partial charge in [-0.05, 0) is 88.2 Å². The largest absolute Gasteiger partial charge is 0.496 e. The van der Waals surface area contributed by atoms with Gasteiger partial charge in [0.1, 0.15) is 11.9 Å². The zero-order valence-corrected chi connectivity index (χ0v) is 31.1. The maximum atomic E-state index is 13.8. The van der Waals surface area contributed by atoms with Crippen molar-refractivity contribution < 1.29 is 23.8 Å². The number of hydrogen-bond acceptors (Lipinski definition) is 8. The van der Waals surface area contributed by atoms with E-state index in [-0.39, 0.29) is 35.5 Å². The van der Waals surface area contributed by atoms with Crippen LogP contribution in [0, 0.1) is 10.8 Å². The lowest BCUT2D eigenvalue weighted by molar-refractivity contribution is -0.161. The molecule has 0 saturated carbocycles. The van der Waals surface area contributed by atoms with Crippen LogP contribution in [0.1, 0.15) is 93.8 Å². The number of esters is 2. The minimum absolute atomic E-state index is 0.000871. The molecule has 1 aliphatic carbocycles. The van der Waals surface area contributed by atoms with Crippen LogP contribution in [0.4, 0.5) is 5.69 Å². The number of fused-ring (bicyclic) bond motifs is 4. The van der Waals surface area contributed by atoms with Gasteiger partial charge in [-0.25, -0.2) is 4.79 Å². The monoisotopic (exact) mass is 702 g/mol. The van der Waals surface area contributed by atoms with Crippen LogP contribution in [-0.2, 0) is 30.9 Å². The van der Waals surface area contributed by atoms with E-state index in [1.54, 1.807) is 7.11 Å². The van der Waals surface area contributed by atoms with E-state index in [2.05, 4.69) is 75.2 Å². The Balaban J connectivity index is 1.23. The van der Waals surface area contributed by atoms with Crippen LogP contribution < -0.4 is 10.1 Å². The Hall–Kier alpha value is -4.08. The van der Waals surface area contributed by atoms with Crippen molar-refractivity contribution in [1.29, 1.82) is 0 Å². The van der Waals surface area contributed by atoms with Gasteiger partial charge in [0.25, 0.3) is 0 Å². The van der Waals surface area contributed by atoms with Crippen molar-refractivity contribution in [3.8, 4) is 5.75 Å². The topological polar surface area (TPSA) is 85.3 Å². The molecular weight excluding hydrogens is 652 g/mol. The second kappa shape index (κ2) is 11.2. The van der Waals surface area contributed by atoms with Crippen molar-refractivity contribution in [3.05, 3.63) is 82.2 Å². The van der Waals surface area contributed by atoms with E-state index >= 15 is 0 Å². The maximum absolute atomic E-state index is 13.8. The Bertz CT molecular complexity index is 2120. The standard InChI is InChI=1S/C43H50N4O5/c1-6-41-14-9-17-45-19-13-28-27-11-7-8-12-33(27)47(36(28)38(41)45)34(24-41)29-21-31-32(22-35(29)50-4)44-37-30(39(49)51-5)23-42(25(2)52-26(3)48)15-10-18-46-20-16-43(31,37)40(42)46/h7-9,11-12,14,21-22,25,34,38,40,44H,6,10,13,15-20,23-24H2,1-5H3/t25-,34-,38-,40+,41+,42+,43+/m1/s1. The number of ether oxygens (including phenoxy) is 3. The Labute approximate surface area is 305 Å². The lowest BCUT2D eigenvalue weighted by atomic mass is 9.52. The van der Waals surface area contributed by atoms with Gasteiger partial charge in [0.2, 0.25) is 0 Å². The molecule has 7 atom stereocenters. The molecule has 1 spiro atoms. The average molecular weight is 703 g/mol. The molecule has 2 saturated heterocycles. The fourth-order valence-electron chi connectivity index (χ4n) is 12.8. The van der Waals surface area contributed by atoms with Crippen LogP contribution in [-0.4, -0.2) is 78.8 Å². The van der Waals surface area contributed by atoms with Crippen LogP contribution in [0.5, 0.6) is 5.75 Å². The van der Waals surface area contributed by atoms with Crippen molar-refractivity contribution in [2.75, 3.05) is 45.7 Å². The number of nitrogens with one attached hydrogen (secondary N) is 1. The molecule has 52 heavy (non-hydrogen) atoms. The molecular formula is C43H50N4O5. The Morgan fingerprint density at radius 2 is 1.92 bits per heavy atom. The van der Waals surface area contributed by atoms with Crippen molar-refractivity contribution in [2.24, 2.45) is 10.8 Å². The van der Waals surface area contributed by atoms with Crippen molar-refractivity contribution in [2.45, 2.75) is 95.4 Å². The number of para-hydroxylation sites is 1. The molecule has 7 aliphatic rings. The quantitative estimate of drug-likeness (QED) is 0.222. The van der Waals surface area contributed by atoms with E-state index < -0.39 is 10.8 Å². The Morgan fingerprint density at radius 1 is 1.08 bits per heavy atom. The Kier molecular flexibility index (Phi) is 7.02. The number of methoxy groups -OCH3 is 2. The smallest absolute Gasteiger partial charge is 0.335 e. The maximum Gasteiger partial charge on any atom is 0.335 e. The van der Waals surface area contributed by atoms with Crippen LogP contribution >= 0.6 is 0 Å². The lowest BCUT2D eigenvalue weighted by Gasteiger charge is -2.57. The van der Waals surface area contributed by atoms with Gasteiger partial charge in [-0.3, -0.25) is 14.6 Å². The van der Waals surface area contributed by atoms with E-state index in [4.69, 9.17) is 14.2 Å². The SMILES string of the molecule is CC[C@]12C=CCN3CCc4c(n(c5ccccc45)[C@@H](c4cc5c(cc4OC)NC4=C(C(=O)OC)C[C@]6([C@@H](C)OC(C)=O)CCCN7CC[C@@]45[C@@H]76)C1)[C@@H]32. The molecule has 7 heterocycles. The van der Waals surface area contributed by atoms with Crippen LogP contribution in [0.15, 0.2) is 59.8 Å². The predicted molar refractivity (Wildman–Crippen MR) is 199 cm³/mol. The fraction of sp³-hybridized carbons (Fsp3) is 0.535. The summed E-state index contributed by atoms with van der Waals surface area (Å²) in [7, 11) is 3.27. The van der Waals surface area contributed by atoms with E-state index in [1.165, 1.54) is 47.3 Å². The van der Waals surface area contributed by atoms with Gasteiger partial charge >= 0.3 is 11.9 Å². The van der Waals surface area contributed by atoms with Gasteiger partial charge in [-0.2, -0.15) is 0 Å². The fourth-order valence-corrected chi connectivity index (χ4v) is 12.8. The van der Waals surface area contributed by atoms with Crippen molar-refractivity contribution in [1.82, 2.24) is 14.4 Å². The van der Waals surface area contributed by atoms with Crippen molar-refractivity contribution >= 4 is 28.5 Å². The summed E-state index contributed by atoms with van der Waals surface area (Å²) in [6.07, 6.45) is 10.9. The molecule has 1 N–H and O–H groups in total. The summed E-state index contributed by atoms with van der Waals surface area (Å²) in [5.41, 5.74) is 8.45. The first-order valence-corrected chi connectivity index (χ1v) is 19.5. The number of nitrogens with zero attached hydrogens (tertiary/aromatic N) is 3. The summed E-state index contributed by atoms with van der Waals surface area (Å²) in [6.45, 7) is 9.90. The Morgan fingerprint density at radius 3 is 2.71 bits per heavy atom. The normalized spacial score (nSPS) is 33.1. The number of hydrogen-bond donors (Lipinski definition) is 1. The van der Waals surface area contributed by atoms with E-state index in [0.717, 1.165) is 81.8 Å². The molecule has 1 aromatic heterocycles. The number of carbonyl (C=O) groups is 2. The zero-order valence-electron chi connectivity index (χ0n) is 31.1. The second-order valence-electron chi connectivity index (χ2n) is 16.6. The van der Waals surface area contributed by atoms with Crippen LogP contribution in [0.25, 0.3) is 10.9 Å². The average Bonchev–Trinajstić information content (AvgIpc) is 3.83. The molecule has 9 heteroatoms. The van der Waals surface area contributed by atoms with Gasteiger partial charge in [0.05, 0.1) is 37.3 Å². The summed E-state index contributed by atoms with van der Waals surface area (Å²) in [5, 5.41) is 5.20. The number of rotatable bonds is 6. The van der Waals surface area contributed by atoms with Gasteiger partial charge in [-0.15, -0.1) is 0 Å².